The first-order valence-corrected chi connectivity index (χ1v) is 7.40. The van der Waals surface area contributed by atoms with Gasteiger partial charge in [0.25, 0.3) is 0 Å². The second-order valence-corrected chi connectivity index (χ2v) is 6.16. The standard InChI is InChI=1S/C14H21NO2S/c1-4-12-5-6-14(18-12)13(16)9-15-7-10(2)17-11(3)8-15/h5-6,10-11H,4,7-9H2,1-3H3/t10-,11+. The monoisotopic (exact) mass is 267 g/mol. The zero-order valence-electron chi connectivity index (χ0n) is 11.3. The summed E-state index contributed by atoms with van der Waals surface area (Å²) in [6.45, 7) is 8.46. The number of nitrogens with zero attached hydrogens (tertiary/aromatic N) is 1. The Hall–Kier alpha value is -0.710. The van der Waals surface area contributed by atoms with Crippen LogP contribution in [0.5, 0.6) is 0 Å². The van der Waals surface area contributed by atoms with E-state index in [0.29, 0.717) is 6.54 Å². The lowest BCUT2D eigenvalue weighted by atomic mass is 10.2. The average molecular weight is 267 g/mol. The molecule has 0 amide bonds. The van der Waals surface area contributed by atoms with Crippen LogP contribution in [0, 0.1) is 0 Å². The summed E-state index contributed by atoms with van der Waals surface area (Å²) in [6.07, 6.45) is 1.44. The van der Waals surface area contributed by atoms with Crippen molar-refractivity contribution in [1.82, 2.24) is 4.90 Å². The van der Waals surface area contributed by atoms with Gasteiger partial charge in [-0.1, -0.05) is 6.92 Å². The van der Waals surface area contributed by atoms with Gasteiger partial charge in [-0.05, 0) is 32.4 Å². The number of rotatable bonds is 4. The third-order valence-electron chi connectivity index (χ3n) is 3.15. The highest BCUT2D eigenvalue weighted by Gasteiger charge is 2.24. The van der Waals surface area contributed by atoms with Gasteiger partial charge in [-0.25, -0.2) is 0 Å². The first kappa shape index (κ1) is 13.7. The van der Waals surface area contributed by atoms with Crippen LogP contribution < -0.4 is 0 Å². The molecular weight excluding hydrogens is 246 g/mol. The van der Waals surface area contributed by atoms with Crippen LogP contribution in [-0.4, -0.2) is 42.5 Å². The van der Waals surface area contributed by atoms with Crippen LogP contribution in [0.15, 0.2) is 12.1 Å². The van der Waals surface area contributed by atoms with Gasteiger partial charge < -0.3 is 4.74 Å². The molecule has 2 rings (SSSR count). The molecule has 0 aliphatic carbocycles. The average Bonchev–Trinajstić information content (AvgIpc) is 2.75. The Morgan fingerprint density at radius 1 is 1.39 bits per heavy atom. The molecule has 0 unspecified atom stereocenters. The Morgan fingerprint density at radius 2 is 2.06 bits per heavy atom. The molecule has 0 bridgehead atoms. The van der Waals surface area contributed by atoms with Crippen LogP contribution in [0.2, 0.25) is 0 Å². The zero-order valence-corrected chi connectivity index (χ0v) is 12.1. The fourth-order valence-electron chi connectivity index (χ4n) is 2.41. The van der Waals surface area contributed by atoms with E-state index < -0.39 is 0 Å². The molecule has 1 aliphatic rings. The molecular formula is C14H21NO2S. The maximum absolute atomic E-state index is 12.2. The molecule has 1 aromatic heterocycles. The van der Waals surface area contributed by atoms with Crippen LogP contribution in [0.3, 0.4) is 0 Å². The van der Waals surface area contributed by atoms with E-state index in [1.807, 2.05) is 6.07 Å². The normalized spacial score (nSPS) is 25.3. The molecule has 2 atom stereocenters. The van der Waals surface area contributed by atoms with Crippen molar-refractivity contribution in [1.29, 1.82) is 0 Å². The van der Waals surface area contributed by atoms with Gasteiger partial charge in [0, 0.05) is 18.0 Å². The van der Waals surface area contributed by atoms with Gasteiger partial charge in [0.1, 0.15) is 0 Å². The summed E-state index contributed by atoms with van der Waals surface area (Å²) in [5, 5.41) is 0. The molecule has 0 saturated carbocycles. The zero-order chi connectivity index (χ0) is 13.1. The predicted octanol–water partition coefficient (Wildman–Crippen LogP) is 2.60. The van der Waals surface area contributed by atoms with Crippen molar-refractivity contribution in [3.8, 4) is 0 Å². The lowest BCUT2D eigenvalue weighted by Gasteiger charge is -2.34. The largest absolute Gasteiger partial charge is 0.373 e. The van der Waals surface area contributed by atoms with Crippen LogP contribution in [0.4, 0.5) is 0 Å². The molecule has 1 saturated heterocycles. The topological polar surface area (TPSA) is 29.5 Å². The van der Waals surface area contributed by atoms with Crippen molar-refractivity contribution in [3.05, 3.63) is 21.9 Å². The summed E-state index contributed by atoms with van der Waals surface area (Å²) in [6, 6.07) is 4.02. The van der Waals surface area contributed by atoms with Gasteiger partial charge in [-0.2, -0.15) is 0 Å². The van der Waals surface area contributed by atoms with Crippen molar-refractivity contribution in [3.63, 3.8) is 0 Å². The smallest absolute Gasteiger partial charge is 0.186 e. The fraction of sp³-hybridized carbons (Fsp3) is 0.643. The molecule has 4 heteroatoms. The highest BCUT2D eigenvalue weighted by Crippen LogP contribution is 2.19. The number of ketones is 1. The number of carbonyl (C=O) groups is 1. The second kappa shape index (κ2) is 5.95. The Balaban J connectivity index is 1.94. The summed E-state index contributed by atoms with van der Waals surface area (Å²) < 4.78 is 5.67. The first-order chi connectivity index (χ1) is 8.58. The van der Waals surface area contributed by atoms with E-state index in [1.165, 1.54) is 4.88 Å². The number of aryl methyl sites for hydroxylation is 1. The van der Waals surface area contributed by atoms with Crippen LogP contribution >= 0.6 is 11.3 Å². The van der Waals surface area contributed by atoms with Crippen LogP contribution in [0.25, 0.3) is 0 Å². The quantitative estimate of drug-likeness (QED) is 0.785. The summed E-state index contributed by atoms with van der Waals surface area (Å²) in [5.74, 6) is 0.237. The molecule has 1 fully saturated rings. The van der Waals surface area contributed by atoms with Gasteiger partial charge in [-0.3, -0.25) is 9.69 Å². The molecule has 1 aromatic rings. The third-order valence-corrected chi connectivity index (χ3v) is 4.42. The third kappa shape index (κ3) is 3.40. The molecule has 0 aromatic carbocycles. The van der Waals surface area contributed by atoms with Crippen molar-refractivity contribution >= 4 is 17.1 Å². The van der Waals surface area contributed by atoms with E-state index in [4.69, 9.17) is 4.74 Å². The minimum atomic E-state index is 0.219. The van der Waals surface area contributed by atoms with Crippen molar-refractivity contribution in [2.24, 2.45) is 0 Å². The highest BCUT2D eigenvalue weighted by atomic mass is 32.1. The molecule has 2 heterocycles. The van der Waals surface area contributed by atoms with Crippen LogP contribution in [0.1, 0.15) is 35.3 Å². The Morgan fingerprint density at radius 3 is 2.61 bits per heavy atom. The van der Waals surface area contributed by atoms with Crippen molar-refractivity contribution in [2.45, 2.75) is 39.4 Å². The van der Waals surface area contributed by atoms with E-state index in [-0.39, 0.29) is 18.0 Å². The Labute approximate surface area is 113 Å². The molecule has 3 nitrogen and oxygen atoms in total. The lowest BCUT2D eigenvalue weighted by Crippen LogP contribution is -2.47. The van der Waals surface area contributed by atoms with Crippen LogP contribution in [-0.2, 0) is 11.2 Å². The summed E-state index contributed by atoms with van der Waals surface area (Å²) >= 11 is 1.62. The van der Waals surface area contributed by atoms with Gasteiger partial charge in [0.05, 0.1) is 23.6 Å². The van der Waals surface area contributed by atoms with Gasteiger partial charge in [-0.15, -0.1) is 11.3 Å². The van der Waals surface area contributed by atoms with Gasteiger partial charge in [0.15, 0.2) is 5.78 Å². The maximum Gasteiger partial charge on any atom is 0.186 e. The second-order valence-electron chi connectivity index (χ2n) is 4.99. The number of Topliss-reactive ketones (excluding diaryl/α,β-unsaturated/α-hetero) is 1. The number of hydrogen-bond acceptors (Lipinski definition) is 4. The maximum atomic E-state index is 12.2. The number of ether oxygens (including phenoxy) is 1. The van der Waals surface area contributed by atoms with Gasteiger partial charge in [0.2, 0.25) is 0 Å². The lowest BCUT2D eigenvalue weighted by molar-refractivity contribution is -0.0652. The molecule has 18 heavy (non-hydrogen) atoms. The molecule has 100 valence electrons. The Bertz CT molecular complexity index is 406. The number of hydrogen-bond donors (Lipinski definition) is 0. The van der Waals surface area contributed by atoms with Gasteiger partial charge >= 0.3 is 0 Å². The first-order valence-electron chi connectivity index (χ1n) is 6.58. The number of carbonyl (C=O) groups excluding carboxylic acids is 1. The minimum absolute atomic E-state index is 0.219. The van der Waals surface area contributed by atoms with E-state index in [9.17, 15) is 4.79 Å². The van der Waals surface area contributed by atoms with Crippen molar-refractivity contribution in [2.75, 3.05) is 19.6 Å². The highest BCUT2D eigenvalue weighted by molar-refractivity contribution is 7.14. The summed E-state index contributed by atoms with van der Waals surface area (Å²) in [4.78, 5) is 16.6. The fourth-order valence-corrected chi connectivity index (χ4v) is 3.29. The molecule has 1 aliphatic heterocycles. The predicted molar refractivity (Wildman–Crippen MR) is 74.5 cm³/mol. The molecule has 0 radical (unpaired) electrons. The van der Waals surface area contributed by atoms with E-state index >= 15 is 0 Å². The van der Waals surface area contributed by atoms with E-state index in [0.717, 1.165) is 24.4 Å². The summed E-state index contributed by atoms with van der Waals surface area (Å²) in [7, 11) is 0. The Kier molecular flexibility index (Phi) is 4.54. The van der Waals surface area contributed by atoms with Crippen molar-refractivity contribution < 1.29 is 9.53 Å². The number of thiophene rings is 1. The van der Waals surface area contributed by atoms with E-state index in [1.54, 1.807) is 11.3 Å². The molecule has 0 N–H and O–H groups in total. The molecule has 0 spiro atoms. The number of morpholine rings is 1. The van der Waals surface area contributed by atoms with E-state index in [2.05, 4.69) is 31.7 Å². The summed E-state index contributed by atoms with van der Waals surface area (Å²) in [5.41, 5.74) is 0. The SMILES string of the molecule is CCc1ccc(C(=O)CN2C[C@@H](C)O[C@@H](C)C2)s1. The minimum Gasteiger partial charge on any atom is -0.373 e.